The van der Waals surface area contributed by atoms with Gasteiger partial charge in [-0.05, 0) is 18.6 Å². The van der Waals surface area contributed by atoms with Gasteiger partial charge in [-0.1, -0.05) is 28.9 Å². The highest BCUT2D eigenvalue weighted by Gasteiger charge is 2.23. The fourth-order valence-corrected chi connectivity index (χ4v) is 3.15. The van der Waals surface area contributed by atoms with Crippen molar-refractivity contribution in [1.29, 1.82) is 0 Å². The minimum Gasteiger partial charge on any atom is -0.346 e. The normalized spacial score (nSPS) is 16.6. The first-order chi connectivity index (χ1) is 11.7. The van der Waals surface area contributed by atoms with Crippen LogP contribution in [0.1, 0.15) is 22.7 Å². The van der Waals surface area contributed by atoms with E-state index in [0.717, 1.165) is 18.7 Å². The molecule has 0 aliphatic carbocycles. The number of hydrogen-bond donors (Lipinski definition) is 1. The van der Waals surface area contributed by atoms with Crippen molar-refractivity contribution >= 4 is 17.5 Å². The Kier molecular flexibility index (Phi) is 3.78. The number of imidazole rings is 1. The lowest BCUT2D eigenvalue weighted by Crippen LogP contribution is -2.41. The molecule has 8 heteroatoms. The molecule has 0 radical (unpaired) electrons. The molecule has 1 atom stereocenters. The van der Waals surface area contributed by atoms with Gasteiger partial charge in [0, 0.05) is 31.4 Å². The van der Waals surface area contributed by atoms with E-state index in [9.17, 15) is 4.79 Å². The largest absolute Gasteiger partial charge is 0.346 e. The fourth-order valence-electron chi connectivity index (χ4n) is 2.93. The molecule has 24 heavy (non-hydrogen) atoms. The van der Waals surface area contributed by atoms with E-state index in [1.807, 2.05) is 18.3 Å². The third-order valence-electron chi connectivity index (χ3n) is 4.13. The van der Waals surface area contributed by atoms with Crippen molar-refractivity contribution in [3.63, 3.8) is 0 Å². The number of benzene rings is 1. The Morgan fingerprint density at radius 2 is 2.21 bits per heavy atom. The molecule has 0 spiro atoms. The Morgan fingerprint density at radius 3 is 3.08 bits per heavy atom. The Labute approximate surface area is 143 Å². The zero-order chi connectivity index (χ0) is 16.5. The van der Waals surface area contributed by atoms with Gasteiger partial charge in [0.15, 0.2) is 5.69 Å². The molecule has 122 valence electrons. The molecule has 1 N–H and O–H groups in total. The van der Waals surface area contributed by atoms with Crippen molar-refractivity contribution in [2.45, 2.75) is 25.4 Å². The minimum absolute atomic E-state index is 0.0498. The molecule has 0 bridgehead atoms. The molecule has 1 unspecified atom stereocenters. The summed E-state index contributed by atoms with van der Waals surface area (Å²) in [5.41, 5.74) is 0.988. The first-order valence-corrected chi connectivity index (χ1v) is 8.06. The summed E-state index contributed by atoms with van der Waals surface area (Å²) in [4.78, 5) is 16.9. The van der Waals surface area contributed by atoms with Gasteiger partial charge in [0.25, 0.3) is 5.91 Å². The number of fused-ring (bicyclic) bond motifs is 1. The molecular formula is C16H15ClN6O. The second-order valence-corrected chi connectivity index (χ2v) is 6.09. The average molecular weight is 343 g/mol. The number of halogens is 1. The molecule has 0 saturated heterocycles. The van der Waals surface area contributed by atoms with Gasteiger partial charge in [-0.15, -0.1) is 5.10 Å². The monoisotopic (exact) mass is 342 g/mol. The van der Waals surface area contributed by atoms with Crippen molar-refractivity contribution < 1.29 is 4.79 Å². The maximum Gasteiger partial charge on any atom is 0.271 e. The van der Waals surface area contributed by atoms with Gasteiger partial charge in [0.1, 0.15) is 5.82 Å². The smallest absolute Gasteiger partial charge is 0.271 e. The number of amides is 1. The number of hydrogen-bond acceptors (Lipinski definition) is 4. The summed E-state index contributed by atoms with van der Waals surface area (Å²) >= 11 is 6.20. The number of carbonyl (C=O) groups excluding carboxylic acids is 1. The van der Waals surface area contributed by atoms with Gasteiger partial charge in [0.2, 0.25) is 0 Å². The van der Waals surface area contributed by atoms with Gasteiger partial charge in [-0.3, -0.25) is 4.79 Å². The minimum atomic E-state index is -0.214. The Balaban J connectivity index is 1.54. The van der Waals surface area contributed by atoms with E-state index in [2.05, 4.69) is 25.2 Å². The molecule has 0 saturated carbocycles. The molecule has 1 amide bonds. The van der Waals surface area contributed by atoms with Gasteiger partial charge in [-0.2, -0.15) is 0 Å². The van der Waals surface area contributed by atoms with E-state index >= 15 is 0 Å². The van der Waals surface area contributed by atoms with Crippen LogP contribution in [0, 0.1) is 0 Å². The van der Waals surface area contributed by atoms with Crippen molar-refractivity contribution in [3.05, 3.63) is 59.4 Å². The second kappa shape index (κ2) is 6.09. The number of nitrogens with zero attached hydrogens (tertiary/aromatic N) is 5. The van der Waals surface area contributed by atoms with E-state index in [-0.39, 0.29) is 11.9 Å². The van der Waals surface area contributed by atoms with E-state index in [4.69, 9.17) is 11.6 Å². The number of para-hydroxylation sites is 1. The summed E-state index contributed by atoms with van der Waals surface area (Å²) in [5, 5.41) is 11.4. The average Bonchev–Trinajstić information content (AvgIpc) is 3.24. The molecular weight excluding hydrogens is 328 g/mol. The summed E-state index contributed by atoms with van der Waals surface area (Å²) in [6, 6.07) is 7.27. The number of rotatable bonds is 3. The molecule has 1 aliphatic rings. The molecule has 1 aliphatic heterocycles. The standard InChI is InChI=1S/C16H15ClN6O/c17-12-3-1-2-4-13(12)23-14(9-19-21-23)16(24)20-11-5-6-15-18-7-8-22(15)10-11/h1-4,7-9,11H,5-6,10H2,(H,20,24). The topological polar surface area (TPSA) is 77.6 Å². The van der Waals surface area contributed by atoms with Crippen molar-refractivity contribution in [3.8, 4) is 5.69 Å². The maximum absolute atomic E-state index is 12.6. The van der Waals surface area contributed by atoms with Crippen LogP contribution in [0.25, 0.3) is 5.69 Å². The molecule has 4 rings (SSSR count). The van der Waals surface area contributed by atoms with E-state index < -0.39 is 0 Å². The van der Waals surface area contributed by atoms with Crippen LogP contribution in [0.5, 0.6) is 0 Å². The van der Waals surface area contributed by atoms with Crippen LogP contribution < -0.4 is 5.32 Å². The van der Waals surface area contributed by atoms with Crippen molar-refractivity contribution in [2.75, 3.05) is 0 Å². The van der Waals surface area contributed by atoms with Gasteiger partial charge >= 0.3 is 0 Å². The maximum atomic E-state index is 12.6. The predicted octanol–water partition coefficient (Wildman–Crippen LogP) is 1.86. The van der Waals surface area contributed by atoms with E-state index in [1.54, 1.807) is 18.3 Å². The molecule has 1 aromatic carbocycles. The second-order valence-electron chi connectivity index (χ2n) is 5.69. The third-order valence-corrected chi connectivity index (χ3v) is 4.45. The number of carbonyl (C=O) groups is 1. The highest BCUT2D eigenvalue weighted by atomic mass is 35.5. The molecule has 2 aromatic heterocycles. The number of nitrogens with one attached hydrogen (secondary N) is 1. The van der Waals surface area contributed by atoms with Crippen molar-refractivity contribution in [1.82, 2.24) is 29.9 Å². The zero-order valence-corrected chi connectivity index (χ0v) is 13.5. The highest BCUT2D eigenvalue weighted by Crippen LogP contribution is 2.20. The Bertz CT molecular complexity index is 886. The van der Waals surface area contributed by atoms with Crippen LogP contribution in [0.4, 0.5) is 0 Å². The first-order valence-electron chi connectivity index (χ1n) is 7.69. The molecule has 7 nitrogen and oxygen atoms in total. The lowest BCUT2D eigenvalue weighted by molar-refractivity contribution is 0.0919. The van der Waals surface area contributed by atoms with Crippen molar-refractivity contribution in [2.24, 2.45) is 0 Å². The SMILES string of the molecule is O=C(NC1CCc2nccn2C1)c1cnnn1-c1ccccc1Cl. The van der Waals surface area contributed by atoms with Crippen LogP contribution >= 0.6 is 11.6 Å². The molecule has 3 heterocycles. The lowest BCUT2D eigenvalue weighted by Gasteiger charge is -2.24. The van der Waals surface area contributed by atoms with Crippen LogP contribution in [0.15, 0.2) is 42.9 Å². The lowest BCUT2D eigenvalue weighted by atomic mass is 10.1. The van der Waals surface area contributed by atoms with Crippen LogP contribution in [0.3, 0.4) is 0 Å². The van der Waals surface area contributed by atoms with E-state index in [0.29, 0.717) is 22.9 Å². The number of aromatic nitrogens is 5. The Morgan fingerprint density at radius 1 is 1.33 bits per heavy atom. The number of aryl methyl sites for hydroxylation is 1. The summed E-state index contributed by atoms with van der Waals surface area (Å²) < 4.78 is 3.53. The van der Waals surface area contributed by atoms with Crippen LogP contribution in [-0.4, -0.2) is 36.5 Å². The predicted molar refractivity (Wildman–Crippen MR) is 88.2 cm³/mol. The summed E-state index contributed by atoms with van der Waals surface area (Å²) in [7, 11) is 0. The zero-order valence-electron chi connectivity index (χ0n) is 12.8. The van der Waals surface area contributed by atoms with Gasteiger partial charge in [0.05, 0.1) is 16.9 Å². The van der Waals surface area contributed by atoms with Gasteiger partial charge in [-0.25, -0.2) is 9.67 Å². The molecule has 3 aromatic rings. The Hall–Kier alpha value is -2.67. The highest BCUT2D eigenvalue weighted by molar-refractivity contribution is 6.32. The third kappa shape index (κ3) is 2.67. The molecule has 0 fully saturated rings. The quantitative estimate of drug-likeness (QED) is 0.788. The van der Waals surface area contributed by atoms with E-state index in [1.165, 1.54) is 10.9 Å². The summed E-state index contributed by atoms with van der Waals surface area (Å²) in [5.74, 6) is 0.844. The summed E-state index contributed by atoms with van der Waals surface area (Å²) in [6.45, 7) is 0.717. The van der Waals surface area contributed by atoms with Crippen LogP contribution in [-0.2, 0) is 13.0 Å². The van der Waals surface area contributed by atoms with Gasteiger partial charge < -0.3 is 9.88 Å². The first kappa shape index (κ1) is 14.9. The fraction of sp³-hybridized carbons (Fsp3) is 0.250. The van der Waals surface area contributed by atoms with Crippen LogP contribution in [0.2, 0.25) is 5.02 Å². The summed E-state index contributed by atoms with van der Waals surface area (Å²) in [6.07, 6.45) is 6.87.